The third kappa shape index (κ3) is 3.26. The maximum absolute atomic E-state index is 12.4. The minimum Gasteiger partial charge on any atom is -0.494 e. The van der Waals surface area contributed by atoms with E-state index < -0.39 is 0 Å². The lowest BCUT2D eigenvalue weighted by Crippen LogP contribution is -2.37. The molecule has 0 aliphatic carbocycles. The fourth-order valence-electron chi connectivity index (χ4n) is 2.40. The van der Waals surface area contributed by atoms with E-state index in [9.17, 15) is 9.90 Å². The first-order valence-electron chi connectivity index (χ1n) is 6.91. The minimum atomic E-state index is -0.0345. The number of nitrogens with zero attached hydrogens (tertiary/aromatic N) is 1. The van der Waals surface area contributed by atoms with Crippen LogP contribution >= 0.6 is 0 Å². The van der Waals surface area contributed by atoms with E-state index in [1.54, 1.807) is 17.0 Å². The molecule has 1 N–H and O–H groups in total. The summed E-state index contributed by atoms with van der Waals surface area (Å²) in [4.78, 5) is 14.2. The number of aliphatic hydroxyl groups is 1. The molecule has 1 atom stereocenters. The van der Waals surface area contributed by atoms with Crippen molar-refractivity contribution in [1.82, 2.24) is 4.90 Å². The van der Waals surface area contributed by atoms with Gasteiger partial charge < -0.3 is 14.7 Å². The number of hydrogen-bond donors (Lipinski definition) is 1. The van der Waals surface area contributed by atoms with Crippen LogP contribution in [0.3, 0.4) is 0 Å². The van der Waals surface area contributed by atoms with Gasteiger partial charge in [-0.15, -0.1) is 0 Å². The first-order chi connectivity index (χ1) is 9.26. The van der Waals surface area contributed by atoms with Gasteiger partial charge in [0.15, 0.2) is 0 Å². The van der Waals surface area contributed by atoms with E-state index in [1.165, 1.54) is 0 Å². The van der Waals surface area contributed by atoms with Crippen LogP contribution in [-0.2, 0) is 0 Å². The summed E-state index contributed by atoms with van der Waals surface area (Å²) < 4.78 is 5.54. The summed E-state index contributed by atoms with van der Waals surface area (Å²) in [6.07, 6.45) is 2.79. The van der Waals surface area contributed by atoms with Gasteiger partial charge in [-0.3, -0.25) is 4.79 Å². The van der Waals surface area contributed by atoms with E-state index in [4.69, 9.17) is 4.74 Å². The predicted octanol–water partition coefficient (Wildman–Crippen LogP) is 2.07. The van der Waals surface area contributed by atoms with Gasteiger partial charge in [-0.25, -0.2) is 0 Å². The van der Waals surface area contributed by atoms with Crippen molar-refractivity contribution < 1.29 is 14.6 Å². The van der Waals surface area contributed by atoms with Crippen LogP contribution in [0.4, 0.5) is 0 Å². The minimum absolute atomic E-state index is 0.0153. The van der Waals surface area contributed by atoms with E-state index in [1.807, 2.05) is 19.1 Å². The van der Waals surface area contributed by atoms with E-state index in [0.29, 0.717) is 12.2 Å². The van der Waals surface area contributed by atoms with E-state index >= 15 is 0 Å². The van der Waals surface area contributed by atoms with Crippen LogP contribution in [0.25, 0.3) is 0 Å². The van der Waals surface area contributed by atoms with Gasteiger partial charge in [0.05, 0.1) is 19.3 Å². The Labute approximate surface area is 114 Å². The lowest BCUT2D eigenvalue weighted by atomic mass is 10.1. The largest absolute Gasteiger partial charge is 0.494 e. The molecule has 1 saturated heterocycles. The average molecular weight is 263 g/mol. The van der Waals surface area contributed by atoms with Gasteiger partial charge in [-0.2, -0.15) is 0 Å². The fourth-order valence-corrected chi connectivity index (χ4v) is 2.40. The molecule has 0 saturated carbocycles. The van der Waals surface area contributed by atoms with Crippen LogP contribution in [-0.4, -0.2) is 41.7 Å². The Morgan fingerprint density at radius 2 is 2.37 bits per heavy atom. The molecule has 1 aliphatic heterocycles. The number of ether oxygens (including phenoxy) is 1. The number of carbonyl (C=O) groups excluding carboxylic acids is 1. The molecule has 0 spiro atoms. The maximum atomic E-state index is 12.4. The van der Waals surface area contributed by atoms with Crippen molar-refractivity contribution in [3.8, 4) is 5.75 Å². The zero-order valence-electron chi connectivity index (χ0n) is 11.3. The third-order valence-corrected chi connectivity index (χ3v) is 3.40. The van der Waals surface area contributed by atoms with Crippen LogP contribution in [0.5, 0.6) is 5.75 Å². The number of hydrogen-bond acceptors (Lipinski definition) is 3. The molecule has 0 unspecified atom stereocenters. The van der Waals surface area contributed by atoms with Crippen LogP contribution < -0.4 is 4.74 Å². The number of benzene rings is 1. The Morgan fingerprint density at radius 1 is 1.53 bits per heavy atom. The molecule has 4 nitrogen and oxygen atoms in total. The normalized spacial score (nSPS) is 18.6. The van der Waals surface area contributed by atoms with Crippen molar-refractivity contribution in [2.75, 3.05) is 19.8 Å². The topological polar surface area (TPSA) is 49.8 Å². The van der Waals surface area contributed by atoms with Crippen molar-refractivity contribution in [1.29, 1.82) is 0 Å². The molecule has 19 heavy (non-hydrogen) atoms. The highest BCUT2D eigenvalue weighted by atomic mass is 16.5. The zero-order chi connectivity index (χ0) is 13.7. The lowest BCUT2D eigenvalue weighted by Gasteiger charge is -2.23. The molecule has 4 heteroatoms. The molecule has 1 aromatic rings. The third-order valence-electron chi connectivity index (χ3n) is 3.40. The van der Waals surface area contributed by atoms with Gasteiger partial charge >= 0.3 is 0 Å². The number of rotatable bonds is 5. The van der Waals surface area contributed by atoms with E-state index in [-0.39, 0.29) is 18.6 Å². The highest BCUT2D eigenvalue weighted by molar-refractivity contribution is 5.95. The molecule has 1 heterocycles. The molecule has 104 valence electrons. The number of likely N-dealkylation sites (tertiary alicyclic amines) is 1. The summed E-state index contributed by atoms with van der Waals surface area (Å²) in [5.74, 6) is 0.714. The summed E-state index contributed by atoms with van der Waals surface area (Å²) in [5, 5.41) is 9.28. The molecular formula is C15H21NO3. The van der Waals surface area contributed by atoms with Crippen molar-refractivity contribution in [3.05, 3.63) is 29.8 Å². The standard InChI is InChI=1S/C15H21NO3/c1-2-9-19-14-7-3-5-12(10-14)15(18)16-8-4-6-13(16)11-17/h3,5,7,10,13,17H,2,4,6,8-9,11H2,1H3/t13-/m0/s1. The van der Waals surface area contributed by atoms with Crippen LogP contribution in [0, 0.1) is 0 Å². The van der Waals surface area contributed by atoms with Crippen LogP contribution in [0.1, 0.15) is 36.5 Å². The molecule has 0 aromatic heterocycles. The van der Waals surface area contributed by atoms with Crippen molar-refractivity contribution >= 4 is 5.91 Å². The smallest absolute Gasteiger partial charge is 0.254 e. The first-order valence-corrected chi connectivity index (χ1v) is 6.91. The summed E-state index contributed by atoms with van der Waals surface area (Å²) in [7, 11) is 0. The predicted molar refractivity (Wildman–Crippen MR) is 73.4 cm³/mol. The maximum Gasteiger partial charge on any atom is 0.254 e. The van der Waals surface area contributed by atoms with E-state index in [2.05, 4.69) is 0 Å². The summed E-state index contributed by atoms with van der Waals surface area (Å²) >= 11 is 0. The zero-order valence-corrected chi connectivity index (χ0v) is 11.3. The number of amides is 1. The Balaban J connectivity index is 2.10. The molecular weight excluding hydrogens is 242 g/mol. The van der Waals surface area contributed by atoms with Gasteiger partial charge in [0.1, 0.15) is 5.75 Å². The summed E-state index contributed by atoms with van der Waals surface area (Å²) in [6, 6.07) is 7.24. The van der Waals surface area contributed by atoms with Gasteiger partial charge in [0, 0.05) is 12.1 Å². The lowest BCUT2D eigenvalue weighted by molar-refractivity contribution is 0.0677. The van der Waals surface area contributed by atoms with Gasteiger partial charge in [-0.05, 0) is 37.5 Å². The second kappa shape index (κ2) is 6.57. The highest BCUT2D eigenvalue weighted by Gasteiger charge is 2.28. The fraction of sp³-hybridized carbons (Fsp3) is 0.533. The van der Waals surface area contributed by atoms with Gasteiger partial charge in [-0.1, -0.05) is 13.0 Å². The summed E-state index contributed by atoms with van der Waals surface area (Å²) in [6.45, 7) is 3.47. The van der Waals surface area contributed by atoms with Gasteiger partial charge in [0.2, 0.25) is 0 Å². The number of carbonyl (C=O) groups is 1. The second-order valence-electron chi connectivity index (χ2n) is 4.85. The van der Waals surface area contributed by atoms with Crippen molar-refractivity contribution in [2.45, 2.75) is 32.2 Å². The Kier molecular flexibility index (Phi) is 4.80. The molecule has 1 amide bonds. The van der Waals surface area contributed by atoms with E-state index in [0.717, 1.165) is 31.6 Å². The SMILES string of the molecule is CCCOc1cccc(C(=O)N2CCC[C@H]2CO)c1. The molecule has 1 fully saturated rings. The summed E-state index contributed by atoms with van der Waals surface area (Å²) in [5.41, 5.74) is 0.633. The molecule has 2 rings (SSSR count). The Hall–Kier alpha value is -1.55. The van der Waals surface area contributed by atoms with Crippen LogP contribution in [0.15, 0.2) is 24.3 Å². The average Bonchev–Trinajstić information content (AvgIpc) is 2.93. The molecule has 0 radical (unpaired) electrons. The Morgan fingerprint density at radius 3 is 3.11 bits per heavy atom. The van der Waals surface area contributed by atoms with Crippen LogP contribution in [0.2, 0.25) is 0 Å². The molecule has 1 aliphatic rings. The monoisotopic (exact) mass is 263 g/mol. The van der Waals surface area contributed by atoms with Crippen molar-refractivity contribution in [2.24, 2.45) is 0 Å². The van der Waals surface area contributed by atoms with Crippen molar-refractivity contribution in [3.63, 3.8) is 0 Å². The second-order valence-corrected chi connectivity index (χ2v) is 4.85. The highest BCUT2D eigenvalue weighted by Crippen LogP contribution is 2.21. The van der Waals surface area contributed by atoms with Gasteiger partial charge in [0.25, 0.3) is 5.91 Å². The quantitative estimate of drug-likeness (QED) is 0.884. The molecule has 0 bridgehead atoms. The molecule has 1 aromatic carbocycles. The number of aliphatic hydroxyl groups excluding tert-OH is 1. The first kappa shape index (κ1) is 13.9. The Bertz CT molecular complexity index is 433.